The Morgan fingerprint density at radius 3 is 2.36 bits per heavy atom. The molecule has 33 heavy (non-hydrogen) atoms. The normalized spacial score (nSPS) is 18.9. The summed E-state index contributed by atoms with van der Waals surface area (Å²) in [5.41, 5.74) is 4.14. The lowest BCUT2D eigenvalue weighted by Gasteiger charge is -2.33. The van der Waals surface area contributed by atoms with Gasteiger partial charge >= 0.3 is 0 Å². The van der Waals surface area contributed by atoms with Crippen LogP contribution in [0.25, 0.3) is 11.5 Å². The van der Waals surface area contributed by atoms with Gasteiger partial charge in [0.25, 0.3) is 5.91 Å². The lowest BCUT2D eigenvalue weighted by molar-refractivity contribution is -0.145. The van der Waals surface area contributed by atoms with Gasteiger partial charge in [0.1, 0.15) is 11.9 Å². The molecule has 7 nitrogen and oxygen atoms in total. The zero-order valence-electron chi connectivity index (χ0n) is 18.5. The Labute approximate surface area is 191 Å². The first-order valence-corrected chi connectivity index (χ1v) is 11.1. The van der Waals surface area contributed by atoms with E-state index in [1.807, 2.05) is 65.3 Å². The third-order valence-electron chi connectivity index (χ3n) is 6.25. The third kappa shape index (κ3) is 3.28. The molecule has 1 amide bonds. The zero-order chi connectivity index (χ0) is 22.5. The van der Waals surface area contributed by atoms with Crippen molar-refractivity contribution < 1.29 is 14.3 Å². The molecule has 0 fully saturated rings. The largest absolute Gasteiger partial charge is 0.482 e. The average molecular weight is 441 g/mol. The lowest BCUT2D eigenvalue weighted by Crippen LogP contribution is -2.49. The Bertz CT molecular complexity index is 1320. The number of para-hydroxylation sites is 2. The van der Waals surface area contributed by atoms with Crippen molar-refractivity contribution >= 4 is 5.91 Å². The predicted octanol–water partition coefficient (Wildman–Crippen LogP) is 4.04. The quantitative estimate of drug-likeness (QED) is 0.482. The molecule has 2 aliphatic rings. The highest BCUT2D eigenvalue weighted by molar-refractivity contribution is 5.83. The molecule has 0 saturated heterocycles. The van der Waals surface area contributed by atoms with E-state index in [9.17, 15) is 4.79 Å². The molecule has 0 saturated carbocycles. The zero-order valence-corrected chi connectivity index (χ0v) is 18.5. The van der Waals surface area contributed by atoms with E-state index in [0.717, 1.165) is 22.8 Å². The summed E-state index contributed by atoms with van der Waals surface area (Å²) in [4.78, 5) is 15.3. The van der Waals surface area contributed by atoms with Crippen LogP contribution in [0.15, 0.2) is 73.1 Å². The number of aryl methyl sites for hydroxylation is 1. The number of hydrogen-bond donors (Lipinski definition) is 0. The van der Waals surface area contributed by atoms with Gasteiger partial charge in [-0.15, -0.1) is 0 Å². The van der Waals surface area contributed by atoms with Gasteiger partial charge in [0.2, 0.25) is 6.10 Å². The lowest BCUT2D eigenvalue weighted by atomic mass is 10.1. The minimum atomic E-state index is -0.692. The SMILES string of the molecule is Cc1ccc(-n2nc3c(c2-n2cccc2)CN(C(=O)C2Oc4ccccc4OC2C)C3)cc1. The second kappa shape index (κ2) is 7.55. The van der Waals surface area contributed by atoms with Crippen LogP contribution in [-0.4, -0.2) is 37.4 Å². The molecule has 7 heteroatoms. The highest BCUT2D eigenvalue weighted by atomic mass is 16.6. The number of carbonyl (C=O) groups excluding carboxylic acids is 1. The van der Waals surface area contributed by atoms with E-state index in [-0.39, 0.29) is 12.0 Å². The number of hydrogen-bond acceptors (Lipinski definition) is 4. The minimum Gasteiger partial charge on any atom is -0.482 e. The van der Waals surface area contributed by atoms with Gasteiger partial charge in [0.05, 0.1) is 24.5 Å². The maximum absolute atomic E-state index is 13.5. The fourth-order valence-electron chi connectivity index (χ4n) is 4.54. The van der Waals surface area contributed by atoms with Gasteiger partial charge in [-0.2, -0.15) is 5.10 Å². The monoisotopic (exact) mass is 440 g/mol. The van der Waals surface area contributed by atoms with Crippen LogP contribution >= 0.6 is 0 Å². The number of amides is 1. The van der Waals surface area contributed by atoms with Crippen LogP contribution in [0, 0.1) is 6.92 Å². The molecule has 4 aromatic rings. The van der Waals surface area contributed by atoms with Gasteiger partial charge in [-0.05, 0) is 50.2 Å². The van der Waals surface area contributed by atoms with E-state index in [4.69, 9.17) is 14.6 Å². The van der Waals surface area contributed by atoms with E-state index in [0.29, 0.717) is 24.6 Å². The first kappa shape index (κ1) is 19.7. The van der Waals surface area contributed by atoms with Crippen molar-refractivity contribution in [2.75, 3.05) is 0 Å². The Morgan fingerprint density at radius 2 is 1.64 bits per heavy atom. The molecule has 0 bridgehead atoms. The molecule has 6 rings (SSSR count). The topological polar surface area (TPSA) is 61.5 Å². The highest BCUT2D eigenvalue weighted by Crippen LogP contribution is 2.36. The average Bonchev–Trinajstić information content (AvgIpc) is 3.55. The summed E-state index contributed by atoms with van der Waals surface area (Å²) < 4.78 is 16.0. The molecule has 4 heterocycles. The summed E-state index contributed by atoms with van der Waals surface area (Å²) in [6.07, 6.45) is 2.94. The van der Waals surface area contributed by atoms with Crippen LogP contribution in [0.1, 0.15) is 23.7 Å². The van der Waals surface area contributed by atoms with Crippen molar-refractivity contribution in [3.8, 4) is 23.0 Å². The fraction of sp³-hybridized carbons (Fsp3) is 0.231. The second-order valence-electron chi connectivity index (χ2n) is 8.59. The summed E-state index contributed by atoms with van der Waals surface area (Å²) in [6.45, 7) is 4.85. The van der Waals surface area contributed by atoms with E-state index in [1.165, 1.54) is 5.56 Å². The van der Waals surface area contributed by atoms with E-state index >= 15 is 0 Å². The summed E-state index contributed by atoms with van der Waals surface area (Å²) in [5, 5.41) is 4.91. The minimum absolute atomic E-state index is 0.0876. The van der Waals surface area contributed by atoms with Crippen LogP contribution in [0.4, 0.5) is 0 Å². The molecule has 2 aliphatic heterocycles. The second-order valence-corrected chi connectivity index (χ2v) is 8.59. The van der Waals surface area contributed by atoms with Crippen molar-refractivity contribution in [3.05, 3.63) is 89.9 Å². The molecular formula is C26H24N4O3. The number of nitrogens with zero attached hydrogens (tertiary/aromatic N) is 4. The van der Waals surface area contributed by atoms with Crippen molar-refractivity contribution in [1.82, 2.24) is 19.2 Å². The van der Waals surface area contributed by atoms with Gasteiger partial charge in [-0.1, -0.05) is 29.8 Å². The van der Waals surface area contributed by atoms with E-state index in [2.05, 4.69) is 35.8 Å². The van der Waals surface area contributed by atoms with Crippen molar-refractivity contribution in [3.63, 3.8) is 0 Å². The summed E-state index contributed by atoms with van der Waals surface area (Å²) in [6, 6.07) is 19.7. The fourth-order valence-corrected chi connectivity index (χ4v) is 4.54. The van der Waals surface area contributed by atoms with Crippen molar-refractivity contribution in [2.24, 2.45) is 0 Å². The molecule has 0 radical (unpaired) electrons. The van der Waals surface area contributed by atoms with Gasteiger partial charge in [0.15, 0.2) is 11.5 Å². The maximum Gasteiger partial charge on any atom is 0.268 e. The standard InChI is InChI=1S/C26H24N4O3/c1-17-9-11-19(12-10-17)30-25(28-13-5-6-14-28)20-15-29(16-21(20)27-30)26(31)24-18(2)32-22-7-3-4-8-23(22)33-24/h3-14,18,24H,15-16H2,1-2H3. The summed E-state index contributed by atoms with van der Waals surface area (Å²) in [5.74, 6) is 2.13. The molecular weight excluding hydrogens is 416 g/mol. The van der Waals surface area contributed by atoms with Crippen LogP contribution in [0.3, 0.4) is 0 Å². The molecule has 2 aromatic carbocycles. The van der Waals surface area contributed by atoms with Crippen molar-refractivity contribution in [2.45, 2.75) is 39.1 Å². The Balaban J connectivity index is 1.32. The van der Waals surface area contributed by atoms with E-state index < -0.39 is 6.10 Å². The number of carbonyl (C=O) groups is 1. The van der Waals surface area contributed by atoms with E-state index in [1.54, 1.807) is 0 Å². The van der Waals surface area contributed by atoms with Crippen molar-refractivity contribution in [1.29, 1.82) is 0 Å². The molecule has 0 N–H and O–H groups in total. The molecule has 166 valence electrons. The first-order valence-electron chi connectivity index (χ1n) is 11.1. The van der Waals surface area contributed by atoms with Gasteiger partial charge in [0, 0.05) is 18.0 Å². The Kier molecular flexibility index (Phi) is 4.50. The number of fused-ring (bicyclic) bond motifs is 2. The summed E-state index contributed by atoms with van der Waals surface area (Å²) in [7, 11) is 0. The number of aromatic nitrogens is 3. The number of rotatable bonds is 3. The Morgan fingerprint density at radius 1 is 0.939 bits per heavy atom. The van der Waals surface area contributed by atoms with Crippen LogP contribution in [0.5, 0.6) is 11.5 Å². The smallest absolute Gasteiger partial charge is 0.268 e. The Hall–Kier alpha value is -4.00. The molecule has 2 aromatic heterocycles. The van der Waals surface area contributed by atoms with Gasteiger partial charge < -0.3 is 18.9 Å². The van der Waals surface area contributed by atoms with Gasteiger partial charge in [-0.3, -0.25) is 4.79 Å². The maximum atomic E-state index is 13.5. The van der Waals surface area contributed by atoms with Crippen LogP contribution in [0.2, 0.25) is 0 Å². The van der Waals surface area contributed by atoms with Gasteiger partial charge in [-0.25, -0.2) is 4.68 Å². The third-order valence-corrected chi connectivity index (χ3v) is 6.25. The summed E-state index contributed by atoms with van der Waals surface area (Å²) >= 11 is 0. The first-order chi connectivity index (χ1) is 16.1. The highest BCUT2D eigenvalue weighted by Gasteiger charge is 2.40. The number of benzene rings is 2. The number of ether oxygens (including phenoxy) is 2. The molecule has 0 spiro atoms. The predicted molar refractivity (Wildman–Crippen MR) is 123 cm³/mol. The molecule has 2 atom stereocenters. The van der Waals surface area contributed by atoms with Crippen LogP contribution in [-0.2, 0) is 17.9 Å². The molecule has 0 aliphatic carbocycles. The molecule has 2 unspecified atom stereocenters. The van der Waals surface area contributed by atoms with Crippen LogP contribution < -0.4 is 9.47 Å².